The molecule has 1 saturated heterocycles. The maximum absolute atomic E-state index is 10.8. The average Bonchev–Trinajstić information content (AvgIpc) is 2.79. The smallest absolute Gasteiger partial charge is 0.150 e. The molecule has 0 radical (unpaired) electrons. The first kappa shape index (κ1) is 21.6. The van der Waals surface area contributed by atoms with E-state index < -0.39 is 0 Å². The molecular formula is C27H26N2O3. The summed E-state index contributed by atoms with van der Waals surface area (Å²) in [5.74, 6) is 1.48. The Kier molecular flexibility index (Phi) is 6.84. The Morgan fingerprint density at radius 3 is 2.31 bits per heavy atom. The molecule has 1 fully saturated rings. The van der Waals surface area contributed by atoms with Crippen LogP contribution in [0.1, 0.15) is 44.6 Å². The fraction of sp³-hybridized carbons (Fsp3) is 0.259. The normalized spacial score (nSPS) is 13.1. The van der Waals surface area contributed by atoms with E-state index in [1.165, 1.54) is 25.1 Å². The van der Waals surface area contributed by atoms with Crippen molar-refractivity contribution in [3.05, 3.63) is 94.0 Å². The van der Waals surface area contributed by atoms with Crippen molar-refractivity contribution in [1.82, 2.24) is 4.90 Å². The summed E-state index contributed by atoms with van der Waals surface area (Å²) in [7, 11) is 0. The molecule has 1 heterocycles. The van der Waals surface area contributed by atoms with Gasteiger partial charge in [-0.1, -0.05) is 30.3 Å². The molecule has 32 heavy (non-hydrogen) atoms. The molecule has 4 rings (SSSR count). The molecule has 3 aromatic carbocycles. The molecule has 0 aliphatic carbocycles. The number of rotatable bonds is 9. The number of aldehydes is 1. The van der Waals surface area contributed by atoms with Gasteiger partial charge in [0, 0.05) is 23.2 Å². The molecule has 1 aliphatic heterocycles. The summed E-state index contributed by atoms with van der Waals surface area (Å²) in [4.78, 5) is 13.2. The second-order valence-electron chi connectivity index (χ2n) is 8.06. The zero-order chi connectivity index (χ0) is 22.3. The van der Waals surface area contributed by atoms with E-state index in [0.717, 1.165) is 35.3 Å². The van der Waals surface area contributed by atoms with E-state index in [4.69, 9.17) is 9.47 Å². The van der Waals surface area contributed by atoms with Crippen LogP contribution in [0.25, 0.3) is 0 Å². The van der Waals surface area contributed by atoms with Crippen molar-refractivity contribution in [2.75, 3.05) is 13.1 Å². The molecule has 0 N–H and O–H groups in total. The largest absolute Gasteiger partial charge is 0.489 e. The number of benzene rings is 3. The third-order valence-corrected chi connectivity index (χ3v) is 5.74. The Morgan fingerprint density at radius 1 is 1.00 bits per heavy atom. The van der Waals surface area contributed by atoms with Crippen LogP contribution in [0, 0.1) is 18.3 Å². The van der Waals surface area contributed by atoms with Crippen molar-refractivity contribution in [2.24, 2.45) is 0 Å². The molecule has 0 saturated carbocycles. The summed E-state index contributed by atoms with van der Waals surface area (Å²) in [6.07, 6.45) is 2.08. The first-order chi connectivity index (χ1) is 15.7. The Labute approximate surface area is 188 Å². The molecular weight excluding hydrogens is 400 g/mol. The molecule has 0 spiro atoms. The minimum absolute atomic E-state index is 0.265. The van der Waals surface area contributed by atoms with Crippen LogP contribution in [-0.4, -0.2) is 24.3 Å². The lowest BCUT2D eigenvalue weighted by atomic mass is 10.0. The van der Waals surface area contributed by atoms with Gasteiger partial charge in [-0.2, -0.15) is 5.26 Å². The Balaban J connectivity index is 1.41. The Morgan fingerprint density at radius 2 is 1.72 bits per heavy atom. The zero-order valence-corrected chi connectivity index (χ0v) is 18.2. The van der Waals surface area contributed by atoms with Gasteiger partial charge in [0.2, 0.25) is 0 Å². The highest BCUT2D eigenvalue weighted by Gasteiger charge is 2.15. The minimum atomic E-state index is 0.265. The zero-order valence-electron chi connectivity index (χ0n) is 18.2. The van der Waals surface area contributed by atoms with Gasteiger partial charge >= 0.3 is 0 Å². The molecule has 0 bridgehead atoms. The number of carbonyl (C=O) groups is 1. The first-order valence-corrected chi connectivity index (χ1v) is 10.8. The molecule has 0 unspecified atom stereocenters. The van der Waals surface area contributed by atoms with Crippen LogP contribution in [0.3, 0.4) is 0 Å². The van der Waals surface area contributed by atoms with E-state index >= 15 is 0 Å². The monoisotopic (exact) mass is 426 g/mol. The van der Waals surface area contributed by atoms with Gasteiger partial charge in [0.05, 0.1) is 11.6 Å². The van der Waals surface area contributed by atoms with Crippen LogP contribution >= 0.6 is 0 Å². The van der Waals surface area contributed by atoms with Crippen LogP contribution < -0.4 is 9.47 Å². The maximum atomic E-state index is 10.8. The highest BCUT2D eigenvalue weighted by atomic mass is 16.5. The lowest BCUT2D eigenvalue weighted by molar-refractivity contribution is 0.112. The lowest BCUT2D eigenvalue weighted by Gasteiger charge is -2.30. The first-order valence-electron chi connectivity index (χ1n) is 10.8. The fourth-order valence-corrected chi connectivity index (χ4v) is 3.77. The van der Waals surface area contributed by atoms with Gasteiger partial charge in [-0.15, -0.1) is 0 Å². The number of nitrogens with zero attached hydrogens (tertiary/aromatic N) is 2. The molecule has 0 atom stereocenters. The number of likely N-dealkylation sites (tertiary alicyclic amines) is 1. The van der Waals surface area contributed by atoms with Crippen molar-refractivity contribution < 1.29 is 14.3 Å². The summed E-state index contributed by atoms with van der Waals surface area (Å²) in [6.45, 7) is 5.98. The number of ether oxygens (including phenoxy) is 2. The predicted octanol–water partition coefficient (Wildman–Crippen LogP) is 5.04. The topological polar surface area (TPSA) is 62.6 Å². The van der Waals surface area contributed by atoms with Crippen LogP contribution in [0.2, 0.25) is 0 Å². The molecule has 162 valence electrons. The summed E-state index contributed by atoms with van der Waals surface area (Å²) >= 11 is 0. The SMILES string of the molecule is Cc1cc(CN2CCC2)ccc1OCc1cccc(COc2ccc(C=O)cc2)c1C#N. The molecule has 0 amide bonds. The van der Waals surface area contributed by atoms with Gasteiger partial charge in [0.15, 0.2) is 0 Å². The summed E-state index contributed by atoms with van der Waals surface area (Å²) in [6, 6.07) is 21.2. The maximum Gasteiger partial charge on any atom is 0.150 e. The highest BCUT2D eigenvalue weighted by Crippen LogP contribution is 2.24. The molecule has 3 aromatic rings. The van der Waals surface area contributed by atoms with Crippen molar-refractivity contribution in [1.29, 1.82) is 5.26 Å². The van der Waals surface area contributed by atoms with Gasteiger partial charge in [-0.25, -0.2) is 0 Å². The van der Waals surface area contributed by atoms with Crippen molar-refractivity contribution in [2.45, 2.75) is 33.1 Å². The van der Waals surface area contributed by atoms with Crippen LogP contribution in [-0.2, 0) is 19.8 Å². The molecule has 1 aliphatic rings. The van der Waals surface area contributed by atoms with Crippen molar-refractivity contribution >= 4 is 6.29 Å². The van der Waals surface area contributed by atoms with Gasteiger partial charge in [-0.3, -0.25) is 9.69 Å². The van der Waals surface area contributed by atoms with E-state index in [1.807, 2.05) is 24.3 Å². The predicted molar refractivity (Wildman–Crippen MR) is 123 cm³/mol. The molecule has 0 aromatic heterocycles. The number of nitriles is 1. The Hall–Kier alpha value is -3.62. The second-order valence-corrected chi connectivity index (χ2v) is 8.06. The Bertz CT molecular complexity index is 1130. The fourth-order valence-electron chi connectivity index (χ4n) is 3.77. The van der Waals surface area contributed by atoms with Crippen molar-refractivity contribution in [3.8, 4) is 17.6 Å². The lowest BCUT2D eigenvalue weighted by Crippen LogP contribution is -2.36. The average molecular weight is 427 g/mol. The number of hydrogen-bond acceptors (Lipinski definition) is 5. The summed E-state index contributed by atoms with van der Waals surface area (Å²) in [5.41, 5.74) is 5.19. The van der Waals surface area contributed by atoms with Gasteiger partial charge in [0.1, 0.15) is 31.0 Å². The number of carbonyl (C=O) groups excluding carboxylic acids is 1. The van der Waals surface area contributed by atoms with E-state index in [9.17, 15) is 10.1 Å². The highest BCUT2D eigenvalue weighted by molar-refractivity contribution is 5.74. The van der Waals surface area contributed by atoms with Gasteiger partial charge < -0.3 is 9.47 Å². The van der Waals surface area contributed by atoms with Gasteiger partial charge in [0.25, 0.3) is 0 Å². The number of hydrogen-bond donors (Lipinski definition) is 0. The number of aryl methyl sites for hydroxylation is 1. The second kappa shape index (κ2) is 10.1. The minimum Gasteiger partial charge on any atom is -0.489 e. The third-order valence-electron chi connectivity index (χ3n) is 5.74. The van der Waals surface area contributed by atoms with Crippen molar-refractivity contribution in [3.63, 3.8) is 0 Å². The van der Waals surface area contributed by atoms with Gasteiger partial charge in [-0.05, 0) is 67.9 Å². The molecule has 5 nitrogen and oxygen atoms in total. The van der Waals surface area contributed by atoms with E-state index in [1.54, 1.807) is 24.3 Å². The summed E-state index contributed by atoms with van der Waals surface area (Å²) in [5, 5.41) is 9.76. The van der Waals surface area contributed by atoms with Crippen LogP contribution in [0.5, 0.6) is 11.5 Å². The quantitative estimate of drug-likeness (QED) is 0.449. The van der Waals surface area contributed by atoms with E-state index in [-0.39, 0.29) is 6.61 Å². The molecule has 5 heteroatoms. The summed E-state index contributed by atoms with van der Waals surface area (Å²) < 4.78 is 11.9. The third kappa shape index (κ3) is 5.16. The van der Waals surface area contributed by atoms with E-state index in [2.05, 4.69) is 30.0 Å². The standard InChI is InChI=1S/C27H26N2O3/c1-20-14-22(16-29-12-3-13-29)8-11-27(20)32-19-24-5-2-4-23(26(24)15-28)18-31-25-9-6-21(17-30)7-10-25/h2,4-11,14,17H,3,12-13,16,18-19H2,1H3. The van der Waals surface area contributed by atoms with Crippen LogP contribution in [0.15, 0.2) is 60.7 Å². The van der Waals surface area contributed by atoms with E-state index in [0.29, 0.717) is 23.5 Å². The van der Waals surface area contributed by atoms with Crippen LogP contribution in [0.4, 0.5) is 0 Å².